The van der Waals surface area contributed by atoms with Gasteiger partial charge in [-0.25, -0.2) is 15.2 Å². The van der Waals surface area contributed by atoms with Crippen LogP contribution in [-0.2, 0) is 20.9 Å². The van der Waals surface area contributed by atoms with Crippen LogP contribution in [0.2, 0.25) is 0 Å². The number of rotatable bonds is 2. The van der Waals surface area contributed by atoms with Gasteiger partial charge < -0.3 is 9.47 Å². The van der Waals surface area contributed by atoms with Crippen molar-refractivity contribution in [1.82, 2.24) is 10.4 Å². The molecule has 0 aliphatic carbocycles. The first-order valence-corrected chi connectivity index (χ1v) is 6.17. The molecule has 0 radical (unpaired) electrons. The van der Waals surface area contributed by atoms with E-state index in [-0.39, 0.29) is 18.7 Å². The highest BCUT2D eigenvalue weighted by Gasteiger charge is 2.42. The molecule has 100 valence electrons. The van der Waals surface area contributed by atoms with Gasteiger partial charge in [0, 0.05) is 6.42 Å². The fourth-order valence-electron chi connectivity index (χ4n) is 2.24. The third kappa shape index (κ3) is 2.53. The minimum Gasteiger partial charge on any atom is -0.459 e. The van der Waals surface area contributed by atoms with Crippen LogP contribution in [0.1, 0.15) is 12.0 Å². The summed E-state index contributed by atoms with van der Waals surface area (Å²) in [5.74, 6) is -0.302. The molecule has 1 aromatic rings. The van der Waals surface area contributed by atoms with Gasteiger partial charge in [-0.05, 0) is 5.56 Å². The summed E-state index contributed by atoms with van der Waals surface area (Å²) in [7, 11) is 0. The molecular weight excluding hydrogens is 248 g/mol. The summed E-state index contributed by atoms with van der Waals surface area (Å²) >= 11 is 0. The Labute approximate surface area is 110 Å². The Morgan fingerprint density at radius 1 is 1.42 bits per heavy atom. The normalized spacial score (nSPS) is 25.1. The molecule has 1 amide bonds. The van der Waals surface area contributed by atoms with Crippen LogP contribution in [0.25, 0.3) is 0 Å². The van der Waals surface area contributed by atoms with Gasteiger partial charge in [0.05, 0.1) is 6.54 Å². The summed E-state index contributed by atoms with van der Waals surface area (Å²) in [6, 6.07) is 9.01. The third-order valence-corrected chi connectivity index (χ3v) is 3.19. The van der Waals surface area contributed by atoms with E-state index in [0.717, 1.165) is 5.56 Å². The quantitative estimate of drug-likeness (QED) is 0.799. The minimum atomic E-state index is -0.489. The molecule has 2 saturated heterocycles. The van der Waals surface area contributed by atoms with Crippen molar-refractivity contribution in [2.24, 2.45) is 0 Å². The van der Waals surface area contributed by atoms with E-state index in [1.165, 1.54) is 5.01 Å². The minimum absolute atomic E-state index is 0.210. The van der Waals surface area contributed by atoms with Crippen LogP contribution in [0.5, 0.6) is 0 Å². The molecular formula is C13H14N2O4. The first-order chi connectivity index (χ1) is 9.22. The Hall–Kier alpha value is -2.08. The predicted molar refractivity (Wildman–Crippen MR) is 64.8 cm³/mol. The van der Waals surface area contributed by atoms with Gasteiger partial charge in [0.25, 0.3) is 0 Å². The molecule has 0 spiro atoms. The molecule has 1 aromatic carbocycles. The van der Waals surface area contributed by atoms with Crippen molar-refractivity contribution >= 4 is 12.1 Å². The molecule has 6 heteroatoms. The standard InChI is InChI=1S/C13H14N2O4/c16-12-11-6-10(19-12)7-15(14-11)13(17)18-8-9-4-2-1-3-5-9/h1-5,10-11,14H,6-8H2/t10-,11-/m1/s1. The Bertz CT molecular complexity index is 491. The molecule has 0 unspecified atom stereocenters. The monoisotopic (exact) mass is 262 g/mol. The Morgan fingerprint density at radius 2 is 2.21 bits per heavy atom. The molecule has 6 nitrogen and oxygen atoms in total. The van der Waals surface area contributed by atoms with Gasteiger partial charge in [-0.2, -0.15) is 0 Å². The van der Waals surface area contributed by atoms with E-state index in [1.54, 1.807) is 0 Å². The molecule has 2 fully saturated rings. The first kappa shape index (κ1) is 12.0. The lowest BCUT2D eigenvalue weighted by Crippen LogP contribution is -2.54. The second-order valence-electron chi connectivity index (χ2n) is 4.63. The number of nitrogens with zero attached hydrogens (tertiary/aromatic N) is 1. The zero-order valence-electron chi connectivity index (χ0n) is 10.2. The number of hydrogen-bond acceptors (Lipinski definition) is 5. The molecule has 1 N–H and O–H groups in total. The lowest BCUT2D eigenvalue weighted by atomic mass is 10.1. The van der Waals surface area contributed by atoms with Gasteiger partial charge in [-0.3, -0.25) is 4.79 Å². The van der Waals surface area contributed by atoms with Crippen molar-refractivity contribution in [3.63, 3.8) is 0 Å². The van der Waals surface area contributed by atoms with Crippen LogP contribution in [0.4, 0.5) is 4.79 Å². The van der Waals surface area contributed by atoms with E-state index in [1.807, 2.05) is 30.3 Å². The number of benzene rings is 1. The molecule has 3 rings (SSSR count). The second kappa shape index (κ2) is 4.89. The largest absolute Gasteiger partial charge is 0.459 e. The van der Waals surface area contributed by atoms with Crippen LogP contribution in [0, 0.1) is 0 Å². The number of ether oxygens (including phenoxy) is 2. The lowest BCUT2D eigenvalue weighted by Gasteiger charge is -2.28. The molecule has 2 atom stereocenters. The van der Waals surface area contributed by atoms with Gasteiger partial charge in [0.1, 0.15) is 18.8 Å². The van der Waals surface area contributed by atoms with E-state index >= 15 is 0 Å². The maximum absolute atomic E-state index is 11.9. The Kier molecular flexibility index (Phi) is 3.08. The highest BCUT2D eigenvalue weighted by molar-refractivity contribution is 5.79. The number of esters is 1. The third-order valence-electron chi connectivity index (χ3n) is 3.19. The maximum Gasteiger partial charge on any atom is 0.424 e. The number of carbonyl (C=O) groups excluding carboxylic acids is 2. The van der Waals surface area contributed by atoms with Crippen LogP contribution in [0.3, 0.4) is 0 Å². The van der Waals surface area contributed by atoms with Crippen LogP contribution in [0.15, 0.2) is 30.3 Å². The number of hydrogen-bond donors (Lipinski definition) is 1. The number of amides is 1. The molecule has 0 saturated carbocycles. The van der Waals surface area contributed by atoms with E-state index in [9.17, 15) is 9.59 Å². The van der Waals surface area contributed by atoms with Crippen LogP contribution >= 0.6 is 0 Å². The smallest absolute Gasteiger partial charge is 0.424 e. The first-order valence-electron chi connectivity index (χ1n) is 6.17. The van der Waals surface area contributed by atoms with E-state index in [2.05, 4.69) is 5.43 Å². The Morgan fingerprint density at radius 3 is 2.95 bits per heavy atom. The van der Waals surface area contributed by atoms with Crippen molar-refractivity contribution < 1.29 is 19.1 Å². The number of nitrogens with one attached hydrogen (secondary N) is 1. The fraction of sp³-hybridized carbons (Fsp3) is 0.385. The lowest BCUT2D eigenvalue weighted by molar-refractivity contribution is -0.141. The summed E-state index contributed by atoms with van der Waals surface area (Å²) < 4.78 is 10.3. The fourth-order valence-corrected chi connectivity index (χ4v) is 2.24. The van der Waals surface area contributed by atoms with Gasteiger partial charge in [0.2, 0.25) is 0 Å². The number of carbonyl (C=O) groups is 2. The maximum atomic E-state index is 11.9. The highest BCUT2D eigenvalue weighted by atomic mass is 16.6. The molecule has 0 aromatic heterocycles. The summed E-state index contributed by atoms with van der Waals surface area (Å²) in [6.07, 6.45) is -0.0960. The zero-order valence-corrected chi connectivity index (χ0v) is 10.2. The summed E-state index contributed by atoms with van der Waals surface area (Å²) in [6.45, 7) is 0.540. The average Bonchev–Trinajstić information content (AvgIpc) is 2.70. The second-order valence-corrected chi connectivity index (χ2v) is 4.63. The summed E-state index contributed by atoms with van der Waals surface area (Å²) in [5.41, 5.74) is 3.73. The topological polar surface area (TPSA) is 67.9 Å². The SMILES string of the molecule is O=C1O[C@@H]2C[C@H]1NN(C(=O)OCc1ccccc1)C2. The van der Waals surface area contributed by atoms with Crippen molar-refractivity contribution in [3.8, 4) is 0 Å². The van der Waals surface area contributed by atoms with E-state index in [4.69, 9.17) is 9.47 Å². The van der Waals surface area contributed by atoms with E-state index < -0.39 is 12.1 Å². The molecule has 2 aliphatic rings. The van der Waals surface area contributed by atoms with Gasteiger partial charge in [-0.15, -0.1) is 0 Å². The predicted octanol–water partition coefficient (Wildman–Crippen LogP) is 0.827. The average molecular weight is 262 g/mol. The van der Waals surface area contributed by atoms with Gasteiger partial charge >= 0.3 is 12.1 Å². The molecule has 2 aliphatic heterocycles. The van der Waals surface area contributed by atoms with Gasteiger partial charge in [-0.1, -0.05) is 30.3 Å². The summed E-state index contributed by atoms with van der Waals surface area (Å²) in [4.78, 5) is 23.2. The van der Waals surface area contributed by atoms with Crippen LogP contribution in [-0.4, -0.2) is 35.8 Å². The van der Waals surface area contributed by atoms with Crippen LogP contribution < -0.4 is 5.43 Å². The summed E-state index contributed by atoms with van der Waals surface area (Å²) in [5, 5.41) is 1.31. The van der Waals surface area contributed by atoms with E-state index in [0.29, 0.717) is 13.0 Å². The number of hydrazine groups is 1. The number of fused-ring (bicyclic) bond motifs is 2. The molecule has 2 heterocycles. The molecule has 19 heavy (non-hydrogen) atoms. The molecule has 2 bridgehead atoms. The van der Waals surface area contributed by atoms with Crippen molar-refractivity contribution in [1.29, 1.82) is 0 Å². The van der Waals surface area contributed by atoms with Crippen molar-refractivity contribution in [2.45, 2.75) is 25.2 Å². The van der Waals surface area contributed by atoms with Gasteiger partial charge in [0.15, 0.2) is 0 Å². The van der Waals surface area contributed by atoms with Crippen molar-refractivity contribution in [2.75, 3.05) is 6.54 Å². The van der Waals surface area contributed by atoms with Crippen molar-refractivity contribution in [3.05, 3.63) is 35.9 Å². The zero-order chi connectivity index (χ0) is 13.2. The Balaban J connectivity index is 1.55. The highest BCUT2D eigenvalue weighted by Crippen LogP contribution is 2.21.